The molecule has 0 atom stereocenters. The molecule has 1 aromatic carbocycles. The Hall–Kier alpha value is -1.85. The van der Waals surface area contributed by atoms with Crippen molar-refractivity contribution in [1.29, 1.82) is 0 Å². The van der Waals surface area contributed by atoms with E-state index in [9.17, 15) is 4.79 Å². The summed E-state index contributed by atoms with van der Waals surface area (Å²) < 4.78 is 5.83. The molecule has 1 aromatic heterocycles. The van der Waals surface area contributed by atoms with E-state index in [0.29, 0.717) is 12.6 Å². The quantitative estimate of drug-likeness (QED) is 0.915. The van der Waals surface area contributed by atoms with Gasteiger partial charge in [0, 0.05) is 50.7 Å². The van der Waals surface area contributed by atoms with Crippen LogP contribution in [-0.4, -0.2) is 55.5 Å². The van der Waals surface area contributed by atoms with Crippen molar-refractivity contribution in [2.24, 2.45) is 0 Å². The van der Waals surface area contributed by atoms with Crippen molar-refractivity contribution in [3.8, 4) is 0 Å². The second-order valence-corrected chi connectivity index (χ2v) is 6.85. The van der Waals surface area contributed by atoms with Crippen molar-refractivity contribution in [1.82, 2.24) is 15.1 Å². The first-order valence-corrected chi connectivity index (χ1v) is 8.67. The van der Waals surface area contributed by atoms with E-state index in [1.165, 1.54) is 10.9 Å². The molecule has 0 saturated carbocycles. The normalized spacial score (nSPS) is 16.6. The molecule has 0 radical (unpaired) electrons. The summed E-state index contributed by atoms with van der Waals surface area (Å²) in [6, 6.07) is 8.71. The smallest absolute Gasteiger partial charge is 0.236 e. The Bertz CT molecular complexity index is 700. The highest BCUT2D eigenvalue weighted by molar-refractivity contribution is 5.82. The van der Waals surface area contributed by atoms with Crippen molar-refractivity contribution >= 4 is 16.9 Å². The second kappa shape index (κ2) is 7.36. The van der Waals surface area contributed by atoms with Crippen LogP contribution in [0.25, 0.3) is 11.0 Å². The number of para-hydroxylation sites is 1. The molecular formula is C19H27N3O2. The van der Waals surface area contributed by atoms with Gasteiger partial charge in [0.15, 0.2) is 0 Å². The van der Waals surface area contributed by atoms with Crippen LogP contribution in [0.3, 0.4) is 0 Å². The van der Waals surface area contributed by atoms with E-state index < -0.39 is 0 Å². The summed E-state index contributed by atoms with van der Waals surface area (Å²) in [6.07, 6.45) is 2.16. The van der Waals surface area contributed by atoms with Crippen molar-refractivity contribution < 1.29 is 9.21 Å². The van der Waals surface area contributed by atoms with Gasteiger partial charge in [-0.05, 0) is 25.8 Å². The van der Waals surface area contributed by atoms with E-state index in [4.69, 9.17) is 4.42 Å². The molecule has 3 rings (SSSR count). The number of likely N-dealkylation sites (N-methyl/N-ethyl adjacent to an activating group) is 1. The fourth-order valence-electron chi connectivity index (χ4n) is 3.32. The Morgan fingerprint density at radius 1 is 1.29 bits per heavy atom. The fourth-order valence-corrected chi connectivity index (χ4v) is 3.32. The van der Waals surface area contributed by atoms with E-state index in [1.807, 2.05) is 33.2 Å². The maximum Gasteiger partial charge on any atom is 0.236 e. The molecule has 1 aliphatic heterocycles. The molecular weight excluding hydrogens is 302 g/mol. The molecule has 2 aromatic rings. The number of fused-ring (bicyclic) bond motifs is 1. The zero-order valence-corrected chi connectivity index (χ0v) is 14.8. The number of carbonyl (C=O) groups excluding carboxylic acids is 1. The predicted molar refractivity (Wildman–Crippen MR) is 95.9 cm³/mol. The second-order valence-electron chi connectivity index (χ2n) is 6.85. The highest BCUT2D eigenvalue weighted by Gasteiger charge is 2.21. The van der Waals surface area contributed by atoms with Gasteiger partial charge in [-0.3, -0.25) is 9.69 Å². The van der Waals surface area contributed by atoms with Crippen molar-refractivity contribution in [2.75, 3.05) is 33.7 Å². The number of nitrogens with zero attached hydrogens (tertiary/aromatic N) is 2. The Balaban J connectivity index is 1.52. The van der Waals surface area contributed by atoms with E-state index in [0.717, 1.165) is 43.8 Å². The minimum atomic E-state index is 0.182. The maximum absolute atomic E-state index is 11.8. The molecule has 0 aliphatic carbocycles. The fraction of sp³-hybridized carbons (Fsp3) is 0.526. The van der Waals surface area contributed by atoms with E-state index in [-0.39, 0.29) is 5.91 Å². The van der Waals surface area contributed by atoms with Crippen LogP contribution >= 0.6 is 0 Å². The Kier molecular flexibility index (Phi) is 5.21. The lowest BCUT2D eigenvalue weighted by atomic mass is 10.0. The molecule has 24 heavy (non-hydrogen) atoms. The summed E-state index contributed by atoms with van der Waals surface area (Å²) in [5.74, 6) is 1.18. The Labute approximate surface area is 143 Å². The standard InChI is InChI=1S/C19H27N3O2/c1-14-17(16-6-4-5-7-18(16)24-14)12-20-15-8-10-22(11-9-15)13-19(23)21(2)3/h4-7,15,20H,8-13H2,1-3H3. The van der Waals surface area contributed by atoms with Gasteiger partial charge in [-0.25, -0.2) is 0 Å². The molecule has 1 aliphatic rings. The Morgan fingerprint density at radius 2 is 2.00 bits per heavy atom. The van der Waals surface area contributed by atoms with Crippen molar-refractivity contribution in [3.63, 3.8) is 0 Å². The number of nitrogens with one attached hydrogen (secondary N) is 1. The highest BCUT2D eigenvalue weighted by atomic mass is 16.3. The predicted octanol–water partition coefficient (Wildman–Crippen LogP) is 2.38. The molecule has 5 nitrogen and oxygen atoms in total. The number of hydrogen-bond donors (Lipinski definition) is 1. The SMILES string of the molecule is Cc1oc2ccccc2c1CNC1CCN(CC(=O)N(C)C)CC1. The molecule has 0 unspecified atom stereocenters. The largest absolute Gasteiger partial charge is 0.461 e. The number of carbonyl (C=O) groups is 1. The highest BCUT2D eigenvalue weighted by Crippen LogP contribution is 2.25. The first-order chi connectivity index (χ1) is 11.5. The lowest BCUT2D eigenvalue weighted by Gasteiger charge is -2.32. The van der Waals surface area contributed by atoms with Gasteiger partial charge in [-0.15, -0.1) is 0 Å². The molecule has 1 N–H and O–H groups in total. The zero-order chi connectivity index (χ0) is 17.1. The van der Waals surface area contributed by atoms with E-state index in [2.05, 4.69) is 22.3 Å². The van der Waals surface area contributed by atoms with E-state index in [1.54, 1.807) is 4.90 Å². The molecule has 0 spiro atoms. The van der Waals surface area contributed by atoms with Gasteiger partial charge in [0.1, 0.15) is 11.3 Å². The van der Waals surface area contributed by atoms with Crippen LogP contribution in [0.15, 0.2) is 28.7 Å². The third-order valence-electron chi connectivity index (χ3n) is 4.91. The van der Waals surface area contributed by atoms with Gasteiger partial charge in [0.05, 0.1) is 6.54 Å². The van der Waals surface area contributed by atoms with Crippen LogP contribution in [0.4, 0.5) is 0 Å². The number of hydrogen-bond acceptors (Lipinski definition) is 4. The average Bonchev–Trinajstić information content (AvgIpc) is 2.89. The first kappa shape index (κ1) is 17.0. The van der Waals surface area contributed by atoms with E-state index >= 15 is 0 Å². The molecule has 5 heteroatoms. The third kappa shape index (κ3) is 3.79. The van der Waals surface area contributed by atoms with Gasteiger partial charge in [0.2, 0.25) is 5.91 Å². The van der Waals surface area contributed by atoms with Crippen LogP contribution in [-0.2, 0) is 11.3 Å². The van der Waals surface area contributed by atoms with Crippen molar-refractivity contribution in [3.05, 3.63) is 35.6 Å². The molecule has 2 heterocycles. The number of amides is 1. The summed E-state index contributed by atoms with van der Waals surface area (Å²) >= 11 is 0. The first-order valence-electron chi connectivity index (χ1n) is 8.67. The number of aryl methyl sites for hydroxylation is 1. The van der Waals surface area contributed by atoms with Gasteiger partial charge in [-0.2, -0.15) is 0 Å². The zero-order valence-electron chi connectivity index (χ0n) is 14.8. The molecule has 1 amide bonds. The topological polar surface area (TPSA) is 48.7 Å². The summed E-state index contributed by atoms with van der Waals surface area (Å²) in [6.45, 7) is 5.35. The Morgan fingerprint density at radius 3 is 2.71 bits per heavy atom. The molecule has 1 saturated heterocycles. The van der Waals surface area contributed by atoms with Crippen LogP contribution in [0, 0.1) is 6.92 Å². The monoisotopic (exact) mass is 329 g/mol. The number of benzene rings is 1. The van der Waals surface area contributed by atoms with Crippen LogP contribution in [0.5, 0.6) is 0 Å². The van der Waals surface area contributed by atoms with Crippen LogP contribution in [0.2, 0.25) is 0 Å². The number of furan rings is 1. The third-order valence-corrected chi connectivity index (χ3v) is 4.91. The number of rotatable bonds is 5. The van der Waals surface area contributed by atoms with Crippen LogP contribution < -0.4 is 5.32 Å². The number of likely N-dealkylation sites (tertiary alicyclic amines) is 1. The summed E-state index contributed by atoms with van der Waals surface area (Å²) in [5.41, 5.74) is 2.22. The lowest BCUT2D eigenvalue weighted by Crippen LogP contribution is -2.45. The van der Waals surface area contributed by atoms with Gasteiger partial charge in [-0.1, -0.05) is 18.2 Å². The number of piperidine rings is 1. The summed E-state index contributed by atoms with van der Waals surface area (Å²) in [4.78, 5) is 15.7. The summed E-state index contributed by atoms with van der Waals surface area (Å²) in [5, 5.41) is 4.88. The summed E-state index contributed by atoms with van der Waals surface area (Å²) in [7, 11) is 3.63. The van der Waals surface area contributed by atoms with Gasteiger partial charge >= 0.3 is 0 Å². The van der Waals surface area contributed by atoms with Crippen LogP contribution in [0.1, 0.15) is 24.2 Å². The molecule has 0 bridgehead atoms. The maximum atomic E-state index is 11.8. The van der Waals surface area contributed by atoms with Gasteiger partial charge < -0.3 is 14.6 Å². The average molecular weight is 329 g/mol. The van der Waals surface area contributed by atoms with Crippen molar-refractivity contribution in [2.45, 2.75) is 32.4 Å². The molecule has 1 fully saturated rings. The minimum Gasteiger partial charge on any atom is -0.461 e. The minimum absolute atomic E-state index is 0.182. The van der Waals surface area contributed by atoms with Gasteiger partial charge in [0.25, 0.3) is 0 Å². The molecule has 130 valence electrons. The lowest BCUT2D eigenvalue weighted by molar-refractivity contribution is -0.130.